The second-order valence-electron chi connectivity index (χ2n) is 4.48. The molecule has 0 spiro atoms. The summed E-state index contributed by atoms with van der Waals surface area (Å²) in [7, 11) is 1.66. The SMILES string of the molecule is COc1ccc(CNCC(Cl)c2ccccc2)cc1Br. The Kier molecular flexibility index (Phi) is 5.89. The molecule has 0 aliphatic heterocycles. The fourth-order valence-corrected chi connectivity index (χ4v) is 2.79. The van der Waals surface area contributed by atoms with Crippen LogP contribution in [0, 0.1) is 0 Å². The van der Waals surface area contributed by atoms with E-state index in [4.69, 9.17) is 16.3 Å². The average molecular weight is 355 g/mol. The van der Waals surface area contributed by atoms with Crippen molar-refractivity contribution in [3.63, 3.8) is 0 Å². The summed E-state index contributed by atoms with van der Waals surface area (Å²) in [5.74, 6) is 0.841. The summed E-state index contributed by atoms with van der Waals surface area (Å²) in [5, 5.41) is 3.36. The fourth-order valence-electron chi connectivity index (χ4n) is 1.94. The highest BCUT2D eigenvalue weighted by Crippen LogP contribution is 2.25. The molecule has 0 saturated carbocycles. The third-order valence-electron chi connectivity index (χ3n) is 3.03. The van der Waals surface area contributed by atoms with Gasteiger partial charge in [0.1, 0.15) is 5.75 Å². The zero-order valence-electron chi connectivity index (χ0n) is 11.3. The van der Waals surface area contributed by atoms with Crippen molar-refractivity contribution >= 4 is 27.5 Å². The highest BCUT2D eigenvalue weighted by Gasteiger charge is 2.07. The van der Waals surface area contributed by atoms with Crippen molar-refractivity contribution in [1.82, 2.24) is 5.32 Å². The molecule has 1 N–H and O–H groups in total. The second kappa shape index (κ2) is 7.67. The van der Waals surface area contributed by atoms with Crippen LogP contribution in [-0.4, -0.2) is 13.7 Å². The fraction of sp³-hybridized carbons (Fsp3) is 0.250. The Labute approximate surface area is 133 Å². The number of benzene rings is 2. The lowest BCUT2D eigenvalue weighted by molar-refractivity contribution is 0.412. The Morgan fingerprint density at radius 1 is 1.20 bits per heavy atom. The molecule has 2 nitrogen and oxygen atoms in total. The van der Waals surface area contributed by atoms with Gasteiger partial charge in [0.05, 0.1) is 17.0 Å². The van der Waals surface area contributed by atoms with Crippen molar-refractivity contribution in [2.75, 3.05) is 13.7 Å². The Morgan fingerprint density at radius 2 is 1.95 bits per heavy atom. The lowest BCUT2D eigenvalue weighted by Crippen LogP contribution is -2.18. The smallest absolute Gasteiger partial charge is 0.133 e. The van der Waals surface area contributed by atoms with Crippen molar-refractivity contribution < 1.29 is 4.74 Å². The molecular weight excluding hydrogens is 338 g/mol. The average Bonchev–Trinajstić information content (AvgIpc) is 2.48. The first-order chi connectivity index (χ1) is 9.70. The summed E-state index contributed by atoms with van der Waals surface area (Å²) in [5.41, 5.74) is 2.33. The zero-order chi connectivity index (χ0) is 14.4. The molecule has 20 heavy (non-hydrogen) atoms. The van der Waals surface area contributed by atoms with Crippen LogP contribution < -0.4 is 10.1 Å². The van der Waals surface area contributed by atoms with Crippen LogP contribution in [0.2, 0.25) is 0 Å². The zero-order valence-corrected chi connectivity index (χ0v) is 13.6. The summed E-state index contributed by atoms with van der Waals surface area (Å²) in [6.45, 7) is 1.51. The van der Waals surface area contributed by atoms with Crippen LogP contribution in [-0.2, 0) is 6.54 Å². The number of halogens is 2. The van der Waals surface area contributed by atoms with E-state index < -0.39 is 0 Å². The van der Waals surface area contributed by atoms with Crippen LogP contribution >= 0.6 is 27.5 Å². The van der Waals surface area contributed by atoms with Gasteiger partial charge in [-0.3, -0.25) is 0 Å². The summed E-state index contributed by atoms with van der Waals surface area (Å²) in [6, 6.07) is 16.1. The van der Waals surface area contributed by atoms with Gasteiger partial charge in [0.2, 0.25) is 0 Å². The van der Waals surface area contributed by atoms with E-state index in [0.717, 1.165) is 28.9 Å². The minimum Gasteiger partial charge on any atom is -0.496 e. The summed E-state index contributed by atoms with van der Waals surface area (Å²) in [6.07, 6.45) is 0. The molecule has 1 atom stereocenters. The van der Waals surface area contributed by atoms with Gasteiger partial charge in [-0.25, -0.2) is 0 Å². The Morgan fingerprint density at radius 3 is 2.60 bits per heavy atom. The van der Waals surface area contributed by atoms with Crippen LogP contribution in [0.5, 0.6) is 5.75 Å². The molecule has 0 aromatic heterocycles. The number of hydrogen-bond acceptors (Lipinski definition) is 2. The van der Waals surface area contributed by atoms with Gasteiger partial charge in [-0.1, -0.05) is 36.4 Å². The van der Waals surface area contributed by atoms with Crippen molar-refractivity contribution in [3.05, 3.63) is 64.1 Å². The predicted molar refractivity (Wildman–Crippen MR) is 87.4 cm³/mol. The van der Waals surface area contributed by atoms with E-state index >= 15 is 0 Å². The highest BCUT2D eigenvalue weighted by atomic mass is 79.9. The molecule has 0 bridgehead atoms. The van der Waals surface area contributed by atoms with Gasteiger partial charge in [-0.05, 0) is 39.2 Å². The maximum atomic E-state index is 6.36. The van der Waals surface area contributed by atoms with Gasteiger partial charge >= 0.3 is 0 Å². The largest absolute Gasteiger partial charge is 0.496 e. The Bertz CT molecular complexity index is 547. The number of rotatable bonds is 6. The molecule has 0 aliphatic carbocycles. The minimum atomic E-state index is -0.0158. The minimum absolute atomic E-state index is 0.0158. The molecule has 2 rings (SSSR count). The van der Waals surface area contributed by atoms with Gasteiger partial charge in [-0.2, -0.15) is 0 Å². The van der Waals surface area contributed by atoms with E-state index in [9.17, 15) is 0 Å². The van der Waals surface area contributed by atoms with Gasteiger partial charge < -0.3 is 10.1 Å². The second-order valence-corrected chi connectivity index (χ2v) is 5.86. The Balaban J connectivity index is 1.85. The molecule has 2 aromatic carbocycles. The first kappa shape index (κ1) is 15.4. The lowest BCUT2D eigenvalue weighted by Gasteiger charge is -2.12. The van der Waals surface area contributed by atoms with Crippen LogP contribution in [0.15, 0.2) is 53.0 Å². The molecule has 0 amide bonds. The first-order valence-electron chi connectivity index (χ1n) is 6.43. The highest BCUT2D eigenvalue weighted by molar-refractivity contribution is 9.10. The van der Waals surface area contributed by atoms with Crippen molar-refractivity contribution in [1.29, 1.82) is 0 Å². The number of nitrogens with one attached hydrogen (secondary N) is 1. The predicted octanol–water partition coefficient (Wildman–Crippen LogP) is 4.53. The standard InChI is InChI=1S/C16H17BrClNO/c1-20-16-8-7-12(9-14(16)17)10-19-11-15(18)13-5-3-2-4-6-13/h2-9,15,19H,10-11H2,1H3. The van der Waals surface area contributed by atoms with E-state index in [-0.39, 0.29) is 5.38 Å². The molecule has 0 aliphatic rings. The number of methoxy groups -OCH3 is 1. The Hall–Kier alpha value is -1.03. The maximum absolute atomic E-state index is 6.36. The number of ether oxygens (including phenoxy) is 1. The quantitative estimate of drug-likeness (QED) is 0.770. The van der Waals surface area contributed by atoms with Crippen molar-refractivity contribution in [3.8, 4) is 5.75 Å². The van der Waals surface area contributed by atoms with Gasteiger partial charge in [0.25, 0.3) is 0 Å². The summed E-state index contributed by atoms with van der Waals surface area (Å²) >= 11 is 9.85. The van der Waals surface area contributed by atoms with Gasteiger partial charge in [0.15, 0.2) is 0 Å². The van der Waals surface area contributed by atoms with E-state index in [2.05, 4.69) is 27.3 Å². The molecule has 0 fully saturated rings. The van der Waals surface area contributed by atoms with Crippen LogP contribution in [0.3, 0.4) is 0 Å². The number of alkyl halides is 1. The molecule has 0 heterocycles. The number of hydrogen-bond donors (Lipinski definition) is 1. The third-order valence-corrected chi connectivity index (χ3v) is 4.06. The topological polar surface area (TPSA) is 21.3 Å². The van der Waals surface area contributed by atoms with Crippen LogP contribution in [0.25, 0.3) is 0 Å². The lowest BCUT2D eigenvalue weighted by atomic mass is 10.1. The summed E-state index contributed by atoms with van der Waals surface area (Å²) < 4.78 is 6.17. The van der Waals surface area contributed by atoms with E-state index in [0.29, 0.717) is 0 Å². The van der Waals surface area contributed by atoms with E-state index in [1.54, 1.807) is 7.11 Å². The monoisotopic (exact) mass is 353 g/mol. The molecule has 4 heteroatoms. The molecular formula is C16H17BrClNO. The van der Waals surface area contributed by atoms with Gasteiger partial charge in [-0.15, -0.1) is 11.6 Å². The maximum Gasteiger partial charge on any atom is 0.133 e. The third kappa shape index (κ3) is 4.23. The normalized spacial score (nSPS) is 12.2. The molecule has 0 saturated heterocycles. The molecule has 1 unspecified atom stereocenters. The molecule has 2 aromatic rings. The summed E-state index contributed by atoms with van der Waals surface area (Å²) in [4.78, 5) is 0. The van der Waals surface area contributed by atoms with E-state index in [1.165, 1.54) is 5.56 Å². The van der Waals surface area contributed by atoms with Crippen LogP contribution in [0.1, 0.15) is 16.5 Å². The van der Waals surface area contributed by atoms with E-state index in [1.807, 2.05) is 42.5 Å². The first-order valence-corrected chi connectivity index (χ1v) is 7.66. The molecule has 0 radical (unpaired) electrons. The van der Waals surface area contributed by atoms with Crippen molar-refractivity contribution in [2.45, 2.75) is 11.9 Å². The molecule has 106 valence electrons. The van der Waals surface area contributed by atoms with Crippen LogP contribution in [0.4, 0.5) is 0 Å². The van der Waals surface area contributed by atoms with Gasteiger partial charge in [0, 0.05) is 13.1 Å². The van der Waals surface area contributed by atoms with Crippen molar-refractivity contribution in [2.24, 2.45) is 0 Å².